The topological polar surface area (TPSA) is 15.3 Å². The van der Waals surface area contributed by atoms with Crippen molar-refractivity contribution in [3.05, 3.63) is 35.9 Å². The molecule has 0 spiro atoms. The Balaban J connectivity index is 2.36. The lowest BCUT2D eigenvalue weighted by molar-refractivity contribution is 0.181. The van der Waals surface area contributed by atoms with Crippen LogP contribution in [0.2, 0.25) is 0 Å². The van der Waals surface area contributed by atoms with Gasteiger partial charge in [-0.2, -0.15) is 0 Å². The highest BCUT2D eigenvalue weighted by Crippen LogP contribution is 2.21. The third kappa shape index (κ3) is 6.53. The fourth-order valence-electron chi connectivity index (χ4n) is 2.55. The smallest absolute Gasteiger partial charge is 0.00445 e. The van der Waals surface area contributed by atoms with Crippen LogP contribution < -0.4 is 5.32 Å². The fraction of sp³-hybridized carbons (Fsp3) is 0.667. The Morgan fingerprint density at radius 1 is 1.15 bits per heavy atom. The highest BCUT2D eigenvalue weighted by molar-refractivity contribution is 5.14. The zero-order valence-corrected chi connectivity index (χ0v) is 13.8. The predicted octanol–water partition coefficient (Wildman–Crippen LogP) is 3.58. The van der Waals surface area contributed by atoms with Crippen molar-refractivity contribution in [1.82, 2.24) is 10.2 Å². The second kappa shape index (κ2) is 9.15. The number of likely N-dealkylation sites (N-methyl/N-ethyl adjacent to an activating group) is 1. The van der Waals surface area contributed by atoms with E-state index in [9.17, 15) is 0 Å². The van der Waals surface area contributed by atoms with E-state index < -0.39 is 0 Å². The van der Waals surface area contributed by atoms with Gasteiger partial charge in [0.05, 0.1) is 0 Å². The molecule has 1 N–H and O–H groups in total. The molecule has 0 bridgehead atoms. The standard InChI is InChI=1S/C18H32N2/c1-5-13-19-15-18(3,6-2)16-20(4)14-12-17-10-8-7-9-11-17/h7-11,19H,5-6,12-16H2,1-4H3. The third-order valence-corrected chi connectivity index (χ3v) is 4.11. The Kier molecular flexibility index (Phi) is 7.86. The van der Waals surface area contributed by atoms with Crippen LogP contribution in [-0.4, -0.2) is 38.1 Å². The lowest BCUT2D eigenvalue weighted by Crippen LogP contribution is -2.41. The van der Waals surface area contributed by atoms with Gasteiger partial charge >= 0.3 is 0 Å². The van der Waals surface area contributed by atoms with E-state index in [-0.39, 0.29) is 0 Å². The zero-order chi connectivity index (χ0) is 14.8. The average Bonchev–Trinajstić information content (AvgIpc) is 2.46. The minimum absolute atomic E-state index is 0.376. The maximum Gasteiger partial charge on any atom is 0.00445 e. The predicted molar refractivity (Wildman–Crippen MR) is 89.2 cm³/mol. The number of hydrogen-bond donors (Lipinski definition) is 1. The Morgan fingerprint density at radius 2 is 1.85 bits per heavy atom. The van der Waals surface area contributed by atoms with Crippen molar-refractivity contribution < 1.29 is 0 Å². The monoisotopic (exact) mass is 276 g/mol. The summed E-state index contributed by atoms with van der Waals surface area (Å²) >= 11 is 0. The van der Waals surface area contributed by atoms with Crippen LogP contribution in [0.25, 0.3) is 0 Å². The molecule has 1 atom stereocenters. The molecule has 1 aromatic rings. The minimum Gasteiger partial charge on any atom is -0.316 e. The van der Waals surface area contributed by atoms with Gasteiger partial charge in [-0.05, 0) is 43.8 Å². The molecule has 1 rings (SSSR count). The van der Waals surface area contributed by atoms with Crippen LogP contribution in [0.15, 0.2) is 30.3 Å². The highest BCUT2D eigenvalue weighted by Gasteiger charge is 2.23. The van der Waals surface area contributed by atoms with Crippen molar-refractivity contribution in [3.63, 3.8) is 0 Å². The summed E-state index contributed by atoms with van der Waals surface area (Å²) in [6, 6.07) is 10.8. The van der Waals surface area contributed by atoms with Crippen molar-refractivity contribution >= 4 is 0 Å². The molecule has 114 valence electrons. The summed E-state index contributed by atoms with van der Waals surface area (Å²) in [6.07, 6.45) is 3.57. The highest BCUT2D eigenvalue weighted by atomic mass is 15.1. The van der Waals surface area contributed by atoms with E-state index in [1.165, 1.54) is 18.4 Å². The molecule has 2 nitrogen and oxygen atoms in total. The normalized spacial score (nSPS) is 14.4. The van der Waals surface area contributed by atoms with Crippen LogP contribution in [0.1, 0.15) is 39.2 Å². The van der Waals surface area contributed by atoms with Gasteiger partial charge in [-0.25, -0.2) is 0 Å². The number of nitrogens with one attached hydrogen (secondary N) is 1. The molecule has 2 heteroatoms. The second-order valence-corrected chi connectivity index (χ2v) is 6.31. The Bertz CT molecular complexity index is 350. The van der Waals surface area contributed by atoms with Crippen molar-refractivity contribution in [2.75, 3.05) is 33.2 Å². The lowest BCUT2D eigenvalue weighted by Gasteiger charge is -2.33. The van der Waals surface area contributed by atoms with Gasteiger partial charge in [0.25, 0.3) is 0 Å². The van der Waals surface area contributed by atoms with E-state index in [2.05, 4.69) is 68.4 Å². The Morgan fingerprint density at radius 3 is 2.45 bits per heavy atom. The van der Waals surface area contributed by atoms with Crippen molar-refractivity contribution in [1.29, 1.82) is 0 Å². The van der Waals surface area contributed by atoms with Gasteiger partial charge in [-0.15, -0.1) is 0 Å². The molecule has 1 aromatic carbocycles. The van der Waals surface area contributed by atoms with Crippen LogP contribution in [0, 0.1) is 5.41 Å². The first-order valence-electron chi connectivity index (χ1n) is 8.03. The first-order valence-corrected chi connectivity index (χ1v) is 8.03. The van der Waals surface area contributed by atoms with Gasteiger partial charge < -0.3 is 10.2 Å². The van der Waals surface area contributed by atoms with Gasteiger partial charge in [0.1, 0.15) is 0 Å². The largest absolute Gasteiger partial charge is 0.316 e. The molecular formula is C18H32N2. The van der Waals surface area contributed by atoms with Gasteiger partial charge in [-0.3, -0.25) is 0 Å². The van der Waals surface area contributed by atoms with Crippen LogP contribution in [0.4, 0.5) is 0 Å². The van der Waals surface area contributed by atoms with Crippen molar-refractivity contribution in [2.24, 2.45) is 5.41 Å². The Hall–Kier alpha value is -0.860. The van der Waals surface area contributed by atoms with Crippen molar-refractivity contribution in [3.8, 4) is 0 Å². The van der Waals surface area contributed by atoms with Gasteiger partial charge in [0, 0.05) is 19.6 Å². The van der Waals surface area contributed by atoms with E-state index in [1.54, 1.807) is 0 Å². The van der Waals surface area contributed by atoms with Gasteiger partial charge in [-0.1, -0.05) is 51.1 Å². The average molecular weight is 276 g/mol. The molecule has 0 aliphatic rings. The van der Waals surface area contributed by atoms with E-state index in [4.69, 9.17) is 0 Å². The van der Waals surface area contributed by atoms with Crippen LogP contribution >= 0.6 is 0 Å². The summed E-state index contributed by atoms with van der Waals surface area (Å²) in [4.78, 5) is 2.48. The summed E-state index contributed by atoms with van der Waals surface area (Å²) in [7, 11) is 2.25. The summed E-state index contributed by atoms with van der Waals surface area (Å²) in [5.74, 6) is 0. The summed E-state index contributed by atoms with van der Waals surface area (Å²) in [5.41, 5.74) is 1.81. The molecule has 1 unspecified atom stereocenters. The van der Waals surface area contributed by atoms with Crippen LogP contribution in [-0.2, 0) is 6.42 Å². The quantitative estimate of drug-likeness (QED) is 0.657. The molecule has 0 aliphatic carbocycles. The summed E-state index contributed by atoms with van der Waals surface area (Å²) in [5, 5.41) is 3.58. The lowest BCUT2D eigenvalue weighted by atomic mass is 9.86. The molecule has 20 heavy (non-hydrogen) atoms. The van der Waals surface area contributed by atoms with Gasteiger partial charge in [0.15, 0.2) is 0 Å². The maximum atomic E-state index is 3.58. The maximum absolute atomic E-state index is 3.58. The molecule has 0 saturated heterocycles. The number of rotatable bonds is 10. The molecule has 0 saturated carbocycles. The number of nitrogens with zero attached hydrogens (tertiary/aromatic N) is 1. The first kappa shape index (κ1) is 17.2. The molecule has 0 amide bonds. The van der Waals surface area contributed by atoms with E-state index in [0.29, 0.717) is 5.41 Å². The van der Waals surface area contributed by atoms with E-state index in [1.807, 2.05) is 0 Å². The molecule has 0 aromatic heterocycles. The molecule has 0 heterocycles. The van der Waals surface area contributed by atoms with E-state index >= 15 is 0 Å². The molecule has 0 fully saturated rings. The summed E-state index contributed by atoms with van der Waals surface area (Å²) in [6.45, 7) is 11.5. The second-order valence-electron chi connectivity index (χ2n) is 6.31. The van der Waals surface area contributed by atoms with Gasteiger partial charge in [0.2, 0.25) is 0 Å². The summed E-state index contributed by atoms with van der Waals surface area (Å²) < 4.78 is 0. The zero-order valence-electron chi connectivity index (χ0n) is 13.8. The minimum atomic E-state index is 0.376. The van der Waals surface area contributed by atoms with Crippen LogP contribution in [0.5, 0.6) is 0 Å². The third-order valence-electron chi connectivity index (χ3n) is 4.11. The SMILES string of the molecule is CCCNCC(C)(CC)CN(C)CCc1ccccc1. The number of benzene rings is 1. The van der Waals surface area contributed by atoms with Crippen molar-refractivity contribution in [2.45, 2.75) is 40.0 Å². The molecule has 0 radical (unpaired) electrons. The first-order chi connectivity index (χ1) is 9.59. The van der Waals surface area contributed by atoms with Crippen LogP contribution in [0.3, 0.4) is 0 Å². The Labute approximate surface area is 125 Å². The fourth-order valence-corrected chi connectivity index (χ4v) is 2.55. The van der Waals surface area contributed by atoms with E-state index in [0.717, 1.165) is 32.6 Å². The molecule has 0 aliphatic heterocycles. The number of hydrogen-bond acceptors (Lipinski definition) is 2. The molecular weight excluding hydrogens is 244 g/mol.